The summed E-state index contributed by atoms with van der Waals surface area (Å²) in [6.07, 6.45) is 0.605. The van der Waals surface area contributed by atoms with Crippen molar-refractivity contribution >= 4 is 28.9 Å². The number of aromatic nitrogens is 2. The highest BCUT2D eigenvalue weighted by Crippen LogP contribution is 2.26. The zero-order valence-electron chi connectivity index (χ0n) is 11.1. The first-order chi connectivity index (χ1) is 9.45. The summed E-state index contributed by atoms with van der Waals surface area (Å²) in [6, 6.07) is 4.16. The van der Waals surface area contributed by atoms with Crippen LogP contribution in [0.25, 0.3) is 0 Å². The van der Waals surface area contributed by atoms with Crippen LogP contribution in [0.4, 0.5) is 15.8 Å². The quantitative estimate of drug-likeness (QED) is 0.914. The zero-order valence-corrected chi connectivity index (χ0v) is 11.8. The summed E-state index contributed by atoms with van der Waals surface area (Å²) in [4.78, 5) is 12.2. The molecule has 106 valence electrons. The van der Waals surface area contributed by atoms with Crippen molar-refractivity contribution in [1.29, 1.82) is 0 Å². The van der Waals surface area contributed by atoms with E-state index in [1.807, 2.05) is 6.92 Å². The smallest absolute Gasteiger partial charge is 0.276 e. The highest BCUT2D eigenvalue weighted by molar-refractivity contribution is 6.34. The van der Waals surface area contributed by atoms with Crippen LogP contribution in [-0.4, -0.2) is 15.7 Å². The molecule has 0 aliphatic rings. The van der Waals surface area contributed by atoms with Crippen LogP contribution in [0, 0.1) is 5.82 Å². The Morgan fingerprint density at radius 1 is 1.55 bits per heavy atom. The first kappa shape index (κ1) is 14.3. The van der Waals surface area contributed by atoms with Gasteiger partial charge in [0.15, 0.2) is 0 Å². The largest absolute Gasteiger partial charge is 0.395 e. The number of carbonyl (C=O) groups excluding carboxylic acids is 1. The van der Waals surface area contributed by atoms with E-state index in [4.69, 9.17) is 17.3 Å². The Kier molecular flexibility index (Phi) is 3.94. The number of halogens is 2. The van der Waals surface area contributed by atoms with Gasteiger partial charge in [-0.15, -0.1) is 0 Å². The number of para-hydroxylation sites is 1. The molecule has 0 aliphatic heterocycles. The van der Waals surface area contributed by atoms with Crippen LogP contribution < -0.4 is 11.1 Å². The number of hydrogen-bond acceptors (Lipinski definition) is 3. The fourth-order valence-corrected chi connectivity index (χ4v) is 2.13. The summed E-state index contributed by atoms with van der Waals surface area (Å²) < 4.78 is 15.0. The highest BCUT2D eigenvalue weighted by Gasteiger charge is 2.21. The van der Waals surface area contributed by atoms with Crippen molar-refractivity contribution in [2.24, 2.45) is 7.05 Å². The second-order valence-corrected chi connectivity index (χ2v) is 4.64. The third-order valence-corrected chi connectivity index (χ3v) is 3.23. The molecular weight excluding hydrogens is 283 g/mol. The molecule has 0 radical (unpaired) electrons. The number of nitrogens with two attached hydrogens (primary N) is 1. The highest BCUT2D eigenvalue weighted by atomic mass is 35.5. The molecule has 0 aliphatic carbocycles. The van der Waals surface area contributed by atoms with Crippen LogP contribution in [0.3, 0.4) is 0 Å². The summed E-state index contributed by atoms with van der Waals surface area (Å²) in [5, 5.41) is 6.69. The lowest BCUT2D eigenvalue weighted by molar-refractivity contribution is 0.101. The number of nitrogens with one attached hydrogen (secondary N) is 1. The van der Waals surface area contributed by atoms with E-state index >= 15 is 0 Å². The molecule has 5 nitrogen and oxygen atoms in total. The number of carbonyl (C=O) groups is 1. The second-order valence-electron chi connectivity index (χ2n) is 4.24. The van der Waals surface area contributed by atoms with Crippen molar-refractivity contribution in [1.82, 2.24) is 9.78 Å². The number of amides is 1. The number of rotatable bonds is 3. The molecule has 1 heterocycles. The van der Waals surface area contributed by atoms with Crippen molar-refractivity contribution < 1.29 is 9.18 Å². The fraction of sp³-hybridized carbons (Fsp3) is 0.231. The molecule has 0 bridgehead atoms. The minimum absolute atomic E-state index is 0.0715. The van der Waals surface area contributed by atoms with Gasteiger partial charge in [0.05, 0.1) is 22.1 Å². The summed E-state index contributed by atoms with van der Waals surface area (Å²) in [7, 11) is 1.60. The molecule has 0 unspecified atom stereocenters. The lowest BCUT2D eigenvalue weighted by atomic mass is 10.2. The second kappa shape index (κ2) is 5.50. The van der Waals surface area contributed by atoms with E-state index in [1.54, 1.807) is 7.05 Å². The van der Waals surface area contributed by atoms with Crippen LogP contribution in [0.15, 0.2) is 18.2 Å². The van der Waals surface area contributed by atoms with Gasteiger partial charge in [0.25, 0.3) is 5.91 Å². The Hall–Kier alpha value is -2.08. The van der Waals surface area contributed by atoms with Crippen molar-refractivity contribution in [3.63, 3.8) is 0 Å². The third-order valence-electron chi connectivity index (χ3n) is 2.91. The Labute approximate surface area is 120 Å². The van der Waals surface area contributed by atoms with Gasteiger partial charge in [-0.1, -0.05) is 24.6 Å². The van der Waals surface area contributed by atoms with Crippen LogP contribution in [0.5, 0.6) is 0 Å². The summed E-state index contributed by atoms with van der Waals surface area (Å²) in [6.45, 7) is 1.88. The first-order valence-corrected chi connectivity index (χ1v) is 6.40. The lowest BCUT2D eigenvalue weighted by Gasteiger charge is -2.09. The van der Waals surface area contributed by atoms with Gasteiger partial charge >= 0.3 is 0 Å². The molecule has 2 aromatic rings. The predicted molar refractivity (Wildman–Crippen MR) is 76.4 cm³/mol. The van der Waals surface area contributed by atoms with E-state index in [0.717, 1.165) is 0 Å². The van der Waals surface area contributed by atoms with Crippen LogP contribution in [0.2, 0.25) is 5.02 Å². The van der Waals surface area contributed by atoms with E-state index in [-0.39, 0.29) is 16.4 Å². The number of nitrogens with zero attached hydrogens (tertiary/aromatic N) is 2. The molecule has 0 fully saturated rings. The van der Waals surface area contributed by atoms with Gasteiger partial charge < -0.3 is 11.1 Å². The molecular formula is C13H14ClFN4O. The minimum atomic E-state index is -0.609. The molecule has 7 heteroatoms. The van der Waals surface area contributed by atoms with Gasteiger partial charge in [-0.25, -0.2) is 4.39 Å². The standard InChI is InChI=1S/C13H14ClFN4O/c1-3-9-10(16)12(19(2)18-9)13(20)17-11-7(14)5-4-6-8(11)15/h4-6H,3,16H2,1-2H3,(H,17,20). The van der Waals surface area contributed by atoms with Gasteiger partial charge in [0.2, 0.25) is 0 Å². The first-order valence-electron chi connectivity index (χ1n) is 6.02. The van der Waals surface area contributed by atoms with Gasteiger partial charge in [-0.2, -0.15) is 5.10 Å². The molecule has 0 spiro atoms. The Bertz CT molecular complexity index is 648. The number of hydrogen-bond donors (Lipinski definition) is 2. The van der Waals surface area contributed by atoms with E-state index < -0.39 is 11.7 Å². The van der Waals surface area contributed by atoms with E-state index in [1.165, 1.54) is 22.9 Å². The maximum absolute atomic E-state index is 13.6. The van der Waals surface area contributed by atoms with E-state index in [9.17, 15) is 9.18 Å². The normalized spacial score (nSPS) is 10.6. The number of aryl methyl sites for hydroxylation is 2. The average Bonchev–Trinajstić information content (AvgIpc) is 2.68. The predicted octanol–water partition coefficient (Wildman–Crippen LogP) is 2.61. The van der Waals surface area contributed by atoms with Crippen molar-refractivity contribution in [3.8, 4) is 0 Å². The monoisotopic (exact) mass is 296 g/mol. The van der Waals surface area contributed by atoms with E-state index in [0.29, 0.717) is 17.8 Å². The molecule has 0 saturated carbocycles. The Morgan fingerprint density at radius 2 is 2.25 bits per heavy atom. The van der Waals surface area contributed by atoms with Crippen LogP contribution in [-0.2, 0) is 13.5 Å². The molecule has 1 amide bonds. The molecule has 2 rings (SSSR count). The van der Waals surface area contributed by atoms with Crippen molar-refractivity contribution in [2.45, 2.75) is 13.3 Å². The molecule has 1 aromatic carbocycles. The van der Waals surface area contributed by atoms with Crippen molar-refractivity contribution in [2.75, 3.05) is 11.1 Å². The summed E-state index contributed by atoms with van der Waals surface area (Å²) >= 11 is 5.86. The molecule has 20 heavy (non-hydrogen) atoms. The summed E-state index contributed by atoms with van der Waals surface area (Å²) in [5.74, 6) is -1.16. The van der Waals surface area contributed by atoms with Crippen molar-refractivity contribution in [3.05, 3.63) is 40.4 Å². The Morgan fingerprint density at radius 3 is 2.80 bits per heavy atom. The lowest BCUT2D eigenvalue weighted by Crippen LogP contribution is -2.18. The van der Waals surface area contributed by atoms with Gasteiger partial charge in [0, 0.05) is 7.05 Å². The minimum Gasteiger partial charge on any atom is -0.395 e. The maximum atomic E-state index is 13.6. The van der Waals surface area contributed by atoms with Gasteiger partial charge in [-0.05, 0) is 18.6 Å². The molecule has 1 aromatic heterocycles. The number of nitrogen functional groups attached to an aromatic ring is 1. The molecule has 3 N–H and O–H groups in total. The number of benzene rings is 1. The topological polar surface area (TPSA) is 72.9 Å². The van der Waals surface area contributed by atoms with Crippen LogP contribution in [0.1, 0.15) is 23.1 Å². The van der Waals surface area contributed by atoms with E-state index in [2.05, 4.69) is 10.4 Å². The van der Waals surface area contributed by atoms with Crippen LogP contribution >= 0.6 is 11.6 Å². The SMILES string of the molecule is CCc1nn(C)c(C(=O)Nc2c(F)cccc2Cl)c1N. The third kappa shape index (κ3) is 2.46. The summed E-state index contributed by atoms with van der Waals surface area (Å²) in [5.41, 5.74) is 6.90. The molecule has 0 atom stereocenters. The average molecular weight is 297 g/mol. The van der Waals surface area contributed by atoms with Gasteiger partial charge in [0.1, 0.15) is 11.5 Å². The number of anilines is 2. The fourth-order valence-electron chi connectivity index (χ4n) is 1.92. The zero-order chi connectivity index (χ0) is 14.9. The Balaban J connectivity index is 2.36. The maximum Gasteiger partial charge on any atom is 0.276 e. The molecule has 0 saturated heterocycles. The van der Waals surface area contributed by atoms with Gasteiger partial charge in [-0.3, -0.25) is 9.48 Å².